The number of fused-ring (bicyclic) bond motifs is 1. The average Bonchev–Trinajstić information content (AvgIpc) is 3.22. The normalized spacial score (nSPS) is 26.5. The van der Waals surface area contributed by atoms with Gasteiger partial charge in [0.2, 0.25) is 5.91 Å². The van der Waals surface area contributed by atoms with E-state index in [2.05, 4.69) is 20.9 Å². The molecule has 6 heteroatoms. The van der Waals surface area contributed by atoms with Crippen molar-refractivity contribution in [3.8, 4) is 0 Å². The largest absolute Gasteiger partial charge is 0.341 e. The van der Waals surface area contributed by atoms with Crippen LogP contribution in [0.15, 0.2) is 24.0 Å². The van der Waals surface area contributed by atoms with Gasteiger partial charge in [0.05, 0.1) is 0 Å². The third-order valence-electron chi connectivity index (χ3n) is 6.19. The Balaban J connectivity index is 1.38. The molecule has 1 N–H and O–H groups in total. The number of aromatic amines is 1. The maximum Gasteiger partial charge on any atom is 0.289 e. The van der Waals surface area contributed by atoms with Gasteiger partial charge in [0.25, 0.3) is 5.91 Å². The number of likely N-dealkylation sites (tertiary alicyclic amines) is 2. The van der Waals surface area contributed by atoms with Gasteiger partial charge in [0, 0.05) is 44.5 Å². The van der Waals surface area contributed by atoms with Gasteiger partial charge < -0.3 is 14.8 Å². The number of rotatable bonds is 4. The Morgan fingerprint density at radius 3 is 2.96 bits per heavy atom. The quantitative estimate of drug-likeness (QED) is 0.844. The van der Waals surface area contributed by atoms with Crippen molar-refractivity contribution in [2.75, 3.05) is 19.6 Å². The zero-order chi connectivity index (χ0) is 17.9. The van der Waals surface area contributed by atoms with E-state index >= 15 is 0 Å². The number of piperidine rings is 2. The number of nitrogens with one attached hydrogen (secondary N) is 1. The number of imidazole rings is 1. The van der Waals surface area contributed by atoms with Crippen molar-refractivity contribution in [3.63, 3.8) is 0 Å². The molecule has 0 saturated carbocycles. The first-order valence-electron chi connectivity index (χ1n) is 9.98. The van der Waals surface area contributed by atoms with Crippen LogP contribution in [0.25, 0.3) is 0 Å². The van der Waals surface area contributed by atoms with Crippen molar-refractivity contribution >= 4 is 11.8 Å². The van der Waals surface area contributed by atoms with E-state index in [0.717, 1.165) is 32.4 Å². The Morgan fingerprint density at radius 1 is 1.27 bits per heavy atom. The van der Waals surface area contributed by atoms with E-state index in [0.29, 0.717) is 36.7 Å². The lowest BCUT2D eigenvalue weighted by molar-refractivity contribution is -0.140. The summed E-state index contributed by atoms with van der Waals surface area (Å²) >= 11 is 0. The summed E-state index contributed by atoms with van der Waals surface area (Å²) < 4.78 is 0. The minimum absolute atomic E-state index is 0.0238. The van der Waals surface area contributed by atoms with Gasteiger partial charge in [-0.1, -0.05) is 11.6 Å². The number of carbonyl (C=O) groups excluding carboxylic acids is 2. The number of hydrogen-bond donors (Lipinski definition) is 1. The summed E-state index contributed by atoms with van der Waals surface area (Å²) in [7, 11) is 0. The number of aromatic nitrogens is 2. The van der Waals surface area contributed by atoms with Crippen LogP contribution in [0.3, 0.4) is 0 Å². The van der Waals surface area contributed by atoms with Crippen LogP contribution in [-0.2, 0) is 4.79 Å². The standard InChI is InChI=1S/C20H28N4O2/c25-18-7-6-16-14-23(20(26)19-21-10-11-22-19)12-9-17(16)24(18)13-8-15-4-2-1-3-5-15/h4,10-11,16-17H,1-3,5-9,12-14H2,(H,21,22)/t16-,17+/m0/s1. The summed E-state index contributed by atoms with van der Waals surface area (Å²) in [6.45, 7) is 2.28. The van der Waals surface area contributed by atoms with Gasteiger partial charge in [0.15, 0.2) is 5.82 Å². The fourth-order valence-corrected chi connectivity index (χ4v) is 4.75. The summed E-state index contributed by atoms with van der Waals surface area (Å²) in [5.74, 6) is 1.08. The Labute approximate surface area is 154 Å². The minimum atomic E-state index is -0.0238. The van der Waals surface area contributed by atoms with E-state index in [1.807, 2.05) is 4.90 Å². The third kappa shape index (κ3) is 3.55. The molecule has 1 aromatic heterocycles. The maximum absolute atomic E-state index is 12.6. The highest BCUT2D eigenvalue weighted by Gasteiger charge is 2.40. The zero-order valence-corrected chi connectivity index (χ0v) is 15.3. The van der Waals surface area contributed by atoms with Crippen LogP contribution in [0.4, 0.5) is 0 Å². The van der Waals surface area contributed by atoms with E-state index < -0.39 is 0 Å². The number of carbonyl (C=O) groups is 2. The second-order valence-corrected chi connectivity index (χ2v) is 7.79. The first-order chi connectivity index (χ1) is 12.7. The Hall–Kier alpha value is -2.11. The lowest BCUT2D eigenvalue weighted by atomic mass is 9.83. The van der Waals surface area contributed by atoms with Gasteiger partial charge in [-0.3, -0.25) is 9.59 Å². The predicted molar refractivity (Wildman–Crippen MR) is 98.5 cm³/mol. The Kier molecular flexibility index (Phi) is 5.09. The van der Waals surface area contributed by atoms with E-state index in [1.54, 1.807) is 12.4 Å². The minimum Gasteiger partial charge on any atom is -0.341 e. The molecule has 0 radical (unpaired) electrons. The predicted octanol–water partition coefficient (Wildman–Crippen LogP) is 2.75. The van der Waals surface area contributed by atoms with Crippen LogP contribution in [0.5, 0.6) is 0 Å². The maximum atomic E-state index is 12.6. The third-order valence-corrected chi connectivity index (χ3v) is 6.19. The van der Waals surface area contributed by atoms with Crippen molar-refractivity contribution < 1.29 is 9.59 Å². The molecular weight excluding hydrogens is 328 g/mol. The molecule has 3 aliphatic rings. The van der Waals surface area contributed by atoms with Crippen LogP contribution >= 0.6 is 0 Å². The van der Waals surface area contributed by atoms with Crippen molar-refractivity contribution in [1.29, 1.82) is 0 Å². The molecule has 3 heterocycles. The lowest BCUT2D eigenvalue weighted by Crippen LogP contribution is -2.57. The van der Waals surface area contributed by atoms with Gasteiger partial charge in [-0.2, -0.15) is 0 Å². The second kappa shape index (κ2) is 7.64. The molecule has 26 heavy (non-hydrogen) atoms. The number of hydrogen-bond acceptors (Lipinski definition) is 3. The van der Waals surface area contributed by atoms with Crippen LogP contribution in [-0.4, -0.2) is 57.3 Å². The average molecular weight is 356 g/mol. The molecule has 2 atom stereocenters. The van der Waals surface area contributed by atoms with Crippen molar-refractivity contribution in [1.82, 2.24) is 19.8 Å². The first-order valence-corrected chi connectivity index (χ1v) is 9.98. The number of nitrogens with zero attached hydrogens (tertiary/aromatic N) is 3. The van der Waals surface area contributed by atoms with Crippen LogP contribution in [0.1, 0.15) is 62.0 Å². The van der Waals surface area contributed by atoms with Gasteiger partial charge in [-0.05, 0) is 50.9 Å². The number of H-pyrrole nitrogens is 1. The fourth-order valence-electron chi connectivity index (χ4n) is 4.75. The molecule has 2 aliphatic heterocycles. The van der Waals surface area contributed by atoms with Gasteiger partial charge in [-0.15, -0.1) is 0 Å². The van der Waals surface area contributed by atoms with E-state index in [4.69, 9.17) is 0 Å². The first kappa shape index (κ1) is 17.3. The molecule has 0 aromatic carbocycles. The highest BCUT2D eigenvalue weighted by atomic mass is 16.2. The molecule has 1 aromatic rings. The van der Waals surface area contributed by atoms with E-state index in [-0.39, 0.29) is 5.91 Å². The van der Waals surface area contributed by atoms with Crippen molar-refractivity contribution in [2.24, 2.45) is 5.92 Å². The van der Waals surface area contributed by atoms with Crippen LogP contribution in [0, 0.1) is 5.92 Å². The summed E-state index contributed by atoms with van der Waals surface area (Å²) in [5, 5.41) is 0. The molecule has 4 rings (SSSR count). The van der Waals surface area contributed by atoms with Gasteiger partial charge in [-0.25, -0.2) is 4.98 Å². The van der Waals surface area contributed by atoms with E-state index in [1.165, 1.54) is 31.3 Å². The molecular formula is C20H28N4O2. The number of allylic oxidation sites excluding steroid dienone is 1. The summed E-state index contributed by atoms with van der Waals surface area (Å²) in [4.78, 5) is 36.1. The fraction of sp³-hybridized carbons (Fsp3) is 0.650. The smallest absolute Gasteiger partial charge is 0.289 e. The SMILES string of the molecule is O=C(c1ncc[nH]1)N1CC[C@@H]2[C@@H](CCC(=O)N2CCC2=CCCCC2)C1. The molecule has 6 nitrogen and oxygen atoms in total. The van der Waals surface area contributed by atoms with Crippen LogP contribution in [0.2, 0.25) is 0 Å². The lowest BCUT2D eigenvalue weighted by Gasteiger charge is -2.47. The Morgan fingerprint density at radius 2 is 2.19 bits per heavy atom. The van der Waals surface area contributed by atoms with E-state index in [9.17, 15) is 9.59 Å². The Bertz CT molecular complexity index is 682. The summed E-state index contributed by atoms with van der Waals surface area (Å²) in [6.07, 6.45) is 14.0. The molecule has 0 spiro atoms. The summed E-state index contributed by atoms with van der Waals surface area (Å²) in [6, 6.07) is 0.293. The molecule has 0 bridgehead atoms. The highest BCUT2D eigenvalue weighted by molar-refractivity contribution is 5.90. The molecule has 2 fully saturated rings. The molecule has 1 aliphatic carbocycles. The molecule has 2 saturated heterocycles. The van der Waals surface area contributed by atoms with Gasteiger partial charge >= 0.3 is 0 Å². The molecule has 0 unspecified atom stereocenters. The van der Waals surface area contributed by atoms with Crippen molar-refractivity contribution in [2.45, 2.75) is 57.4 Å². The zero-order valence-electron chi connectivity index (χ0n) is 15.3. The number of amides is 2. The topological polar surface area (TPSA) is 69.3 Å². The summed E-state index contributed by atoms with van der Waals surface area (Å²) in [5.41, 5.74) is 1.52. The molecule has 140 valence electrons. The highest BCUT2D eigenvalue weighted by Crippen LogP contribution is 2.32. The van der Waals surface area contributed by atoms with Gasteiger partial charge in [0.1, 0.15) is 0 Å². The van der Waals surface area contributed by atoms with Crippen molar-refractivity contribution in [3.05, 3.63) is 29.9 Å². The van der Waals surface area contributed by atoms with Crippen LogP contribution < -0.4 is 0 Å². The monoisotopic (exact) mass is 356 g/mol. The molecule has 2 amide bonds. The second-order valence-electron chi connectivity index (χ2n) is 7.79.